The number of aryl methyl sites for hydroxylation is 1. The van der Waals surface area contributed by atoms with E-state index in [-0.39, 0.29) is 12.0 Å². The van der Waals surface area contributed by atoms with Crippen molar-refractivity contribution < 1.29 is 9.53 Å². The van der Waals surface area contributed by atoms with Gasteiger partial charge in [0.25, 0.3) is 0 Å². The molecule has 124 valence electrons. The van der Waals surface area contributed by atoms with Crippen LogP contribution in [0.3, 0.4) is 0 Å². The molecule has 1 aliphatic rings. The van der Waals surface area contributed by atoms with Crippen molar-refractivity contribution in [1.82, 2.24) is 10.6 Å². The van der Waals surface area contributed by atoms with Crippen LogP contribution in [-0.4, -0.2) is 17.7 Å². The molecule has 0 aromatic heterocycles. The molecule has 0 fully saturated rings. The van der Waals surface area contributed by atoms with E-state index in [1.165, 1.54) is 5.56 Å². The van der Waals surface area contributed by atoms with Crippen LogP contribution in [0.2, 0.25) is 0 Å². The average Bonchev–Trinajstić information content (AvgIpc) is 2.52. The second-order valence-corrected chi connectivity index (χ2v) is 6.57. The van der Waals surface area contributed by atoms with Crippen LogP contribution in [0.15, 0.2) is 35.5 Å². The maximum atomic E-state index is 12.5. The summed E-state index contributed by atoms with van der Waals surface area (Å²) in [6, 6.07) is 7.94. The third kappa shape index (κ3) is 4.32. The van der Waals surface area contributed by atoms with Crippen LogP contribution in [-0.2, 0) is 16.0 Å². The first-order valence-corrected chi connectivity index (χ1v) is 8.37. The number of carbonyl (C=O) groups is 1. The monoisotopic (exact) mass is 332 g/mol. The highest BCUT2D eigenvalue weighted by molar-refractivity contribution is 7.80. The predicted molar refractivity (Wildman–Crippen MR) is 95.9 cm³/mol. The molecule has 5 heteroatoms. The molecule has 0 saturated heterocycles. The Morgan fingerprint density at radius 3 is 2.52 bits per heavy atom. The van der Waals surface area contributed by atoms with Gasteiger partial charge in [0.1, 0.15) is 0 Å². The van der Waals surface area contributed by atoms with Gasteiger partial charge in [0.05, 0.1) is 18.2 Å². The Labute approximate surface area is 143 Å². The molecule has 2 N–H and O–H groups in total. The van der Waals surface area contributed by atoms with Crippen molar-refractivity contribution in [3.8, 4) is 0 Å². The number of benzene rings is 1. The van der Waals surface area contributed by atoms with E-state index in [4.69, 9.17) is 17.0 Å². The molecular weight excluding hydrogens is 308 g/mol. The van der Waals surface area contributed by atoms with Crippen LogP contribution in [0.5, 0.6) is 0 Å². The van der Waals surface area contributed by atoms with Crippen LogP contribution in [0, 0.1) is 5.92 Å². The molecule has 2 rings (SSSR count). The van der Waals surface area contributed by atoms with Gasteiger partial charge in [-0.15, -0.1) is 0 Å². The second-order valence-electron chi connectivity index (χ2n) is 6.16. The van der Waals surface area contributed by atoms with Crippen molar-refractivity contribution in [2.75, 3.05) is 6.61 Å². The highest BCUT2D eigenvalue weighted by atomic mass is 32.1. The molecule has 0 spiro atoms. The summed E-state index contributed by atoms with van der Waals surface area (Å²) in [5, 5.41) is 6.72. The lowest BCUT2D eigenvalue weighted by Gasteiger charge is -2.30. The summed E-state index contributed by atoms with van der Waals surface area (Å²) in [5.74, 6) is -0.00371. The summed E-state index contributed by atoms with van der Waals surface area (Å²) in [6.45, 7) is 8.41. The highest BCUT2D eigenvalue weighted by Crippen LogP contribution is 2.28. The Morgan fingerprint density at radius 1 is 1.30 bits per heavy atom. The van der Waals surface area contributed by atoms with Crippen LogP contribution in [0.4, 0.5) is 0 Å². The van der Waals surface area contributed by atoms with Gasteiger partial charge in [-0.3, -0.25) is 0 Å². The van der Waals surface area contributed by atoms with E-state index >= 15 is 0 Å². The van der Waals surface area contributed by atoms with Crippen molar-refractivity contribution in [1.29, 1.82) is 0 Å². The number of nitrogens with one attached hydrogen (secondary N) is 2. The van der Waals surface area contributed by atoms with E-state index in [0.717, 1.165) is 17.7 Å². The molecule has 0 bridgehead atoms. The summed E-state index contributed by atoms with van der Waals surface area (Å²) >= 11 is 5.25. The Bertz CT molecular complexity index is 620. The number of thiocarbonyl (C=S) groups is 1. The van der Waals surface area contributed by atoms with E-state index in [1.807, 2.05) is 32.9 Å². The largest absolute Gasteiger partial charge is 0.462 e. The molecule has 1 aromatic rings. The molecular formula is C18H24N2O2S. The molecule has 1 aromatic carbocycles. The van der Waals surface area contributed by atoms with Gasteiger partial charge in [0.15, 0.2) is 5.11 Å². The molecule has 0 radical (unpaired) electrons. The SMILES string of the molecule is CCc1ccc(C2NC(=S)NC(C)=C2C(=O)OCC(C)C)cc1. The lowest BCUT2D eigenvalue weighted by molar-refractivity contribution is -0.140. The second kappa shape index (κ2) is 7.59. The molecule has 0 aliphatic carbocycles. The fraction of sp³-hybridized carbons (Fsp3) is 0.444. The summed E-state index contributed by atoms with van der Waals surface area (Å²) in [7, 11) is 0. The fourth-order valence-electron chi connectivity index (χ4n) is 2.48. The average molecular weight is 332 g/mol. The van der Waals surface area contributed by atoms with Crippen molar-refractivity contribution >= 4 is 23.3 Å². The van der Waals surface area contributed by atoms with Crippen molar-refractivity contribution in [3.63, 3.8) is 0 Å². The van der Waals surface area contributed by atoms with Gasteiger partial charge in [0.2, 0.25) is 0 Å². The summed E-state index contributed by atoms with van der Waals surface area (Å²) in [4.78, 5) is 12.5. The maximum absolute atomic E-state index is 12.5. The number of carbonyl (C=O) groups excluding carboxylic acids is 1. The highest BCUT2D eigenvalue weighted by Gasteiger charge is 2.30. The predicted octanol–water partition coefficient (Wildman–Crippen LogP) is 3.24. The quantitative estimate of drug-likeness (QED) is 0.640. The fourth-order valence-corrected chi connectivity index (χ4v) is 2.75. The summed E-state index contributed by atoms with van der Waals surface area (Å²) < 4.78 is 5.43. The van der Waals surface area contributed by atoms with Gasteiger partial charge >= 0.3 is 5.97 Å². The van der Waals surface area contributed by atoms with E-state index in [1.54, 1.807) is 0 Å². The molecule has 23 heavy (non-hydrogen) atoms. The molecule has 1 unspecified atom stereocenters. The zero-order chi connectivity index (χ0) is 17.0. The van der Waals surface area contributed by atoms with Gasteiger partial charge in [-0.2, -0.15) is 0 Å². The lowest BCUT2D eigenvalue weighted by atomic mass is 9.94. The number of hydrogen-bond acceptors (Lipinski definition) is 3. The molecule has 1 aliphatic heterocycles. The molecule has 4 nitrogen and oxygen atoms in total. The van der Waals surface area contributed by atoms with Crippen LogP contribution in [0.1, 0.15) is 44.9 Å². The van der Waals surface area contributed by atoms with Gasteiger partial charge in [-0.1, -0.05) is 45.0 Å². The number of allylic oxidation sites excluding steroid dienone is 1. The van der Waals surface area contributed by atoms with Crippen LogP contribution >= 0.6 is 12.2 Å². The lowest BCUT2D eigenvalue weighted by Crippen LogP contribution is -2.45. The zero-order valence-electron chi connectivity index (χ0n) is 14.1. The molecule has 1 heterocycles. The third-order valence-electron chi connectivity index (χ3n) is 3.76. The van der Waals surface area contributed by atoms with Crippen LogP contribution < -0.4 is 10.6 Å². The molecule has 0 saturated carbocycles. The van der Waals surface area contributed by atoms with Gasteiger partial charge in [-0.05, 0) is 42.6 Å². The first kappa shape index (κ1) is 17.5. The Hall–Kier alpha value is -1.88. The Balaban J connectivity index is 2.31. The summed E-state index contributed by atoms with van der Waals surface area (Å²) in [5.41, 5.74) is 3.59. The number of hydrogen-bond donors (Lipinski definition) is 2. The standard InChI is InChI=1S/C18H24N2O2S/c1-5-13-6-8-14(9-7-13)16-15(12(4)19-18(23)20-16)17(21)22-10-11(2)3/h6-9,11,16H,5,10H2,1-4H3,(H2,19,20,23). The zero-order valence-corrected chi connectivity index (χ0v) is 14.9. The topological polar surface area (TPSA) is 50.4 Å². The van der Waals surface area contributed by atoms with Crippen LogP contribution in [0.25, 0.3) is 0 Å². The van der Waals surface area contributed by atoms with Crippen molar-refractivity contribution in [2.45, 2.75) is 40.2 Å². The smallest absolute Gasteiger partial charge is 0.338 e. The van der Waals surface area contributed by atoms with E-state index in [2.05, 4.69) is 29.7 Å². The van der Waals surface area contributed by atoms with Gasteiger partial charge in [-0.25, -0.2) is 4.79 Å². The van der Waals surface area contributed by atoms with E-state index < -0.39 is 0 Å². The minimum Gasteiger partial charge on any atom is -0.462 e. The number of rotatable bonds is 5. The normalized spacial score (nSPS) is 17.8. The van der Waals surface area contributed by atoms with Gasteiger partial charge in [0, 0.05) is 5.70 Å². The third-order valence-corrected chi connectivity index (χ3v) is 3.98. The minimum absolute atomic E-state index is 0.283. The Morgan fingerprint density at radius 2 is 1.96 bits per heavy atom. The Kier molecular flexibility index (Phi) is 5.77. The van der Waals surface area contributed by atoms with E-state index in [0.29, 0.717) is 23.2 Å². The van der Waals surface area contributed by atoms with Gasteiger partial charge < -0.3 is 15.4 Å². The number of esters is 1. The van der Waals surface area contributed by atoms with E-state index in [9.17, 15) is 4.79 Å². The minimum atomic E-state index is -0.303. The van der Waals surface area contributed by atoms with Crippen molar-refractivity contribution in [2.24, 2.45) is 5.92 Å². The first-order chi connectivity index (χ1) is 10.9. The summed E-state index contributed by atoms with van der Waals surface area (Å²) in [6.07, 6.45) is 0.983. The molecule has 0 amide bonds. The maximum Gasteiger partial charge on any atom is 0.338 e. The number of ether oxygens (including phenoxy) is 1. The van der Waals surface area contributed by atoms with Crippen molar-refractivity contribution in [3.05, 3.63) is 46.7 Å². The first-order valence-electron chi connectivity index (χ1n) is 7.96. The molecule has 1 atom stereocenters.